The largest absolute Gasteiger partial charge is 0.392 e. The van der Waals surface area contributed by atoms with Gasteiger partial charge in [0.2, 0.25) is 5.91 Å². The number of likely N-dealkylation sites (tertiary alicyclic amines) is 1. The van der Waals surface area contributed by atoms with Gasteiger partial charge >= 0.3 is 0 Å². The number of carbonyl (C=O) groups is 1. The summed E-state index contributed by atoms with van der Waals surface area (Å²) in [6, 6.07) is 16.0. The van der Waals surface area contributed by atoms with E-state index in [-0.39, 0.29) is 24.6 Å². The van der Waals surface area contributed by atoms with Gasteiger partial charge in [-0.25, -0.2) is 4.98 Å². The Morgan fingerprint density at radius 3 is 2.67 bits per heavy atom. The van der Waals surface area contributed by atoms with Crippen LogP contribution in [0.25, 0.3) is 22.6 Å². The first-order chi connectivity index (χ1) is 15.9. The summed E-state index contributed by atoms with van der Waals surface area (Å²) in [5.41, 5.74) is 3.94. The molecule has 2 N–H and O–H groups in total. The molecule has 0 aliphatic carbocycles. The van der Waals surface area contributed by atoms with Crippen molar-refractivity contribution in [3.05, 3.63) is 65.3 Å². The maximum Gasteiger partial charge on any atom is 0.240 e. The molecule has 2 aromatic carbocycles. The van der Waals surface area contributed by atoms with E-state index in [0.29, 0.717) is 10.8 Å². The van der Waals surface area contributed by atoms with Crippen LogP contribution in [0.1, 0.15) is 25.8 Å². The smallest absolute Gasteiger partial charge is 0.240 e. The summed E-state index contributed by atoms with van der Waals surface area (Å²) in [5.74, 6) is 0.655. The van der Waals surface area contributed by atoms with E-state index in [1.54, 1.807) is 0 Å². The number of imidazole rings is 1. The summed E-state index contributed by atoms with van der Waals surface area (Å²) in [5, 5.41) is 13.3. The van der Waals surface area contributed by atoms with Gasteiger partial charge < -0.3 is 19.9 Å². The standard InChI is InChI=1S/C26H31ClN4O2/c1-18(2)28-25(33)17-31-16-24(29-26(31)21-4-3-5-22(27)14-21)20-8-6-19(7-9-20)10-12-30-13-11-23(32)15-30/h3-9,14,16,18,23,32H,10-13,15,17H2,1-2H3,(H,28,33). The van der Waals surface area contributed by atoms with Crippen molar-refractivity contribution >= 4 is 17.5 Å². The van der Waals surface area contributed by atoms with Crippen LogP contribution in [-0.4, -0.2) is 57.2 Å². The van der Waals surface area contributed by atoms with Crippen molar-refractivity contribution < 1.29 is 9.90 Å². The minimum atomic E-state index is -0.182. The minimum absolute atomic E-state index is 0.0559. The van der Waals surface area contributed by atoms with Gasteiger partial charge in [-0.2, -0.15) is 0 Å². The topological polar surface area (TPSA) is 70.4 Å². The Hall–Kier alpha value is -2.67. The van der Waals surface area contributed by atoms with E-state index in [2.05, 4.69) is 34.5 Å². The first-order valence-corrected chi connectivity index (χ1v) is 11.9. The lowest BCUT2D eigenvalue weighted by atomic mass is 10.1. The Morgan fingerprint density at radius 2 is 2.00 bits per heavy atom. The monoisotopic (exact) mass is 466 g/mol. The molecule has 0 saturated carbocycles. The molecule has 33 heavy (non-hydrogen) atoms. The van der Waals surface area contributed by atoms with Crippen LogP contribution in [0.2, 0.25) is 5.02 Å². The number of hydrogen-bond acceptors (Lipinski definition) is 4. The van der Waals surface area contributed by atoms with Gasteiger partial charge in [-0.3, -0.25) is 4.79 Å². The molecule has 6 nitrogen and oxygen atoms in total. The van der Waals surface area contributed by atoms with Gasteiger partial charge in [-0.1, -0.05) is 48.0 Å². The molecule has 174 valence electrons. The molecule has 1 unspecified atom stereocenters. The van der Waals surface area contributed by atoms with Gasteiger partial charge in [0, 0.05) is 48.0 Å². The number of rotatable bonds is 8. The molecule has 2 heterocycles. The van der Waals surface area contributed by atoms with Crippen molar-refractivity contribution in [1.29, 1.82) is 0 Å². The quantitative estimate of drug-likeness (QED) is 0.526. The van der Waals surface area contributed by atoms with Crippen LogP contribution >= 0.6 is 11.6 Å². The summed E-state index contributed by atoms with van der Waals surface area (Å²) in [4.78, 5) is 19.6. The van der Waals surface area contributed by atoms with E-state index < -0.39 is 0 Å². The van der Waals surface area contributed by atoms with E-state index >= 15 is 0 Å². The van der Waals surface area contributed by atoms with Crippen molar-refractivity contribution in [2.24, 2.45) is 0 Å². The second-order valence-electron chi connectivity index (χ2n) is 9.00. The van der Waals surface area contributed by atoms with Crippen LogP contribution in [0.15, 0.2) is 54.7 Å². The van der Waals surface area contributed by atoms with Crippen LogP contribution in [0.4, 0.5) is 0 Å². The highest BCUT2D eigenvalue weighted by atomic mass is 35.5. The highest BCUT2D eigenvalue weighted by Crippen LogP contribution is 2.27. The predicted octanol–water partition coefficient (Wildman–Crippen LogP) is 4.00. The van der Waals surface area contributed by atoms with Crippen LogP contribution in [0, 0.1) is 0 Å². The number of aromatic nitrogens is 2. The Morgan fingerprint density at radius 1 is 1.21 bits per heavy atom. The molecule has 0 radical (unpaired) electrons. The highest BCUT2D eigenvalue weighted by Gasteiger charge is 2.19. The van der Waals surface area contributed by atoms with Gasteiger partial charge in [-0.05, 0) is 44.4 Å². The van der Waals surface area contributed by atoms with E-state index in [9.17, 15) is 9.90 Å². The Bertz CT molecular complexity index is 1090. The Labute approximate surface area is 200 Å². The molecule has 1 fully saturated rings. The van der Waals surface area contributed by atoms with Gasteiger partial charge in [0.25, 0.3) is 0 Å². The zero-order valence-corrected chi connectivity index (χ0v) is 19.9. The van der Waals surface area contributed by atoms with Crippen molar-refractivity contribution in [1.82, 2.24) is 19.8 Å². The lowest BCUT2D eigenvalue weighted by molar-refractivity contribution is -0.122. The molecular weight excluding hydrogens is 436 g/mol. The first kappa shape index (κ1) is 23.5. The van der Waals surface area contributed by atoms with Crippen LogP contribution < -0.4 is 5.32 Å². The van der Waals surface area contributed by atoms with E-state index in [4.69, 9.17) is 16.6 Å². The number of amides is 1. The lowest BCUT2D eigenvalue weighted by Crippen LogP contribution is -2.33. The van der Waals surface area contributed by atoms with Crippen molar-refractivity contribution in [2.45, 2.75) is 45.4 Å². The average molecular weight is 467 g/mol. The number of halogens is 1. The second-order valence-corrected chi connectivity index (χ2v) is 9.44. The summed E-state index contributed by atoms with van der Waals surface area (Å²) in [6.07, 6.45) is 3.56. The number of aliphatic hydroxyl groups excluding tert-OH is 1. The molecule has 1 aliphatic heterocycles. The van der Waals surface area contributed by atoms with E-state index in [0.717, 1.165) is 49.3 Å². The fourth-order valence-electron chi connectivity index (χ4n) is 4.20. The molecule has 7 heteroatoms. The van der Waals surface area contributed by atoms with E-state index in [1.807, 2.05) is 48.9 Å². The predicted molar refractivity (Wildman–Crippen MR) is 132 cm³/mol. The molecule has 3 aromatic rings. The highest BCUT2D eigenvalue weighted by molar-refractivity contribution is 6.30. The van der Waals surface area contributed by atoms with E-state index in [1.165, 1.54) is 5.56 Å². The maximum atomic E-state index is 12.5. The maximum absolute atomic E-state index is 12.5. The Balaban J connectivity index is 1.54. The molecule has 1 aromatic heterocycles. The summed E-state index contributed by atoms with van der Waals surface area (Å²) < 4.78 is 1.88. The molecule has 1 amide bonds. The number of hydrogen-bond donors (Lipinski definition) is 2. The zero-order chi connectivity index (χ0) is 23.4. The van der Waals surface area contributed by atoms with Crippen molar-refractivity contribution in [3.8, 4) is 22.6 Å². The molecule has 0 bridgehead atoms. The number of β-amino-alcohol motifs (C(OH)–C–C–N with tert-alkyl or cyclic N) is 1. The first-order valence-electron chi connectivity index (χ1n) is 11.5. The summed E-state index contributed by atoms with van der Waals surface area (Å²) in [6.45, 7) is 6.77. The minimum Gasteiger partial charge on any atom is -0.392 e. The number of carbonyl (C=O) groups excluding carboxylic acids is 1. The van der Waals surface area contributed by atoms with Gasteiger partial charge in [-0.15, -0.1) is 0 Å². The SMILES string of the molecule is CC(C)NC(=O)Cn1cc(-c2ccc(CCN3CCC(O)C3)cc2)nc1-c1cccc(Cl)c1. The van der Waals surface area contributed by atoms with Gasteiger partial charge in [0.05, 0.1) is 11.8 Å². The molecule has 1 aliphatic rings. The molecule has 1 atom stereocenters. The molecule has 4 rings (SSSR count). The lowest BCUT2D eigenvalue weighted by Gasteiger charge is -2.14. The number of nitrogens with one attached hydrogen (secondary N) is 1. The van der Waals surface area contributed by atoms with Crippen LogP contribution in [0.3, 0.4) is 0 Å². The Kier molecular flexibility index (Phi) is 7.48. The molecule has 1 saturated heterocycles. The van der Waals surface area contributed by atoms with Gasteiger partial charge in [0.1, 0.15) is 12.4 Å². The normalized spacial score (nSPS) is 16.5. The fourth-order valence-corrected chi connectivity index (χ4v) is 4.39. The zero-order valence-electron chi connectivity index (χ0n) is 19.2. The van der Waals surface area contributed by atoms with Crippen molar-refractivity contribution in [2.75, 3.05) is 19.6 Å². The number of aliphatic hydroxyl groups is 1. The van der Waals surface area contributed by atoms with Crippen molar-refractivity contribution in [3.63, 3.8) is 0 Å². The third-order valence-electron chi connectivity index (χ3n) is 5.84. The van der Waals surface area contributed by atoms with Crippen LogP contribution in [-0.2, 0) is 17.8 Å². The third-order valence-corrected chi connectivity index (χ3v) is 6.07. The molecular formula is C26H31ClN4O2. The third kappa shape index (κ3) is 6.22. The van der Waals surface area contributed by atoms with Gasteiger partial charge in [0.15, 0.2) is 0 Å². The van der Waals surface area contributed by atoms with Crippen LogP contribution in [0.5, 0.6) is 0 Å². The fraction of sp³-hybridized carbons (Fsp3) is 0.385. The molecule has 0 spiro atoms. The second kappa shape index (κ2) is 10.5. The average Bonchev–Trinajstić information content (AvgIpc) is 3.38. The number of nitrogens with zero attached hydrogens (tertiary/aromatic N) is 3. The number of benzene rings is 2. The summed E-state index contributed by atoms with van der Waals surface area (Å²) in [7, 11) is 0. The summed E-state index contributed by atoms with van der Waals surface area (Å²) >= 11 is 6.21.